The number of aromatic nitrogens is 3. The highest BCUT2D eigenvalue weighted by atomic mass is 35.5. The second-order valence-electron chi connectivity index (χ2n) is 9.16. The molecule has 2 aromatic heterocycles. The summed E-state index contributed by atoms with van der Waals surface area (Å²) in [5, 5.41) is 8.32. The molecule has 2 N–H and O–H groups in total. The SMILES string of the molecule is Cc1cc(Cl)cc(C(=O)NCCOCCS(C)(=O)=NC(=O)C(F)(F)F)c1NC(=O)c1cc(C(F)(F)F)nn1-c1ncccc1Cl. The molecule has 0 aliphatic heterocycles. The van der Waals surface area contributed by atoms with Crippen LogP contribution in [-0.2, 0) is 25.4 Å². The Morgan fingerprint density at radius 2 is 1.76 bits per heavy atom. The van der Waals surface area contributed by atoms with Gasteiger partial charge in [0.1, 0.15) is 5.69 Å². The van der Waals surface area contributed by atoms with Crippen molar-refractivity contribution in [2.75, 3.05) is 37.1 Å². The van der Waals surface area contributed by atoms with Gasteiger partial charge in [-0.3, -0.25) is 14.4 Å². The van der Waals surface area contributed by atoms with Crippen molar-refractivity contribution in [2.45, 2.75) is 19.3 Å². The first-order chi connectivity index (χ1) is 20.8. The average molecular weight is 703 g/mol. The molecule has 20 heteroatoms. The summed E-state index contributed by atoms with van der Waals surface area (Å²) in [5.41, 5.74) is -2.01. The summed E-state index contributed by atoms with van der Waals surface area (Å²) in [6.07, 6.45) is -8.09. The quantitative estimate of drug-likeness (QED) is 0.221. The zero-order valence-electron chi connectivity index (χ0n) is 23.1. The summed E-state index contributed by atoms with van der Waals surface area (Å²) in [7, 11) is -3.53. The molecule has 0 bridgehead atoms. The van der Waals surface area contributed by atoms with Gasteiger partial charge in [0.2, 0.25) is 0 Å². The molecule has 2 heterocycles. The summed E-state index contributed by atoms with van der Waals surface area (Å²) in [4.78, 5) is 41.1. The van der Waals surface area contributed by atoms with Gasteiger partial charge in [0, 0.05) is 30.1 Å². The fourth-order valence-electron chi connectivity index (χ4n) is 3.56. The molecule has 1 atom stereocenters. The van der Waals surface area contributed by atoms with E-state index in [1.807, 2.05) is 0 Å². The molecule has 0 saturated carbocycles. The number of anilines is 1. The number of hydrogen-bond donors (Lipinski definition) is 2. The first kappa shape index (κ1) is 35.7. The minimum atomic E-state index is -5.26. The van der Waals surface area contributed by atoms with Crippen molar-refractivity contribution in [2.24, 2.45) is 4.36 Å². The van der Waals surface area contributed by atoms with E-state index in [1.54, 1.807) is 0 Å². The van der Waals surface area contributed by atoms with E-state index in [-0.39, 0.29) is 52.4 Å². The lowest BCUT2D eigenvalue weighted by Crippen LogP contribution is -2.29. The monoisotopic (exact) mass is 702 g/mol. The highest BCUT2D eigenvalue weighted by molar-refractivity contribution is 7.93. The fraction of sp³-hybridized carbons (Fsp3) is 0.320. The standard InChI is InChI=1S/C25H22Cl2F6N6O5S/c1-13-10-14(26)11-15(21(40)35-6-7-44-8-9-45(2,43)38-23(42)25(31,32)33)19(13)36-22(41)17-12-18(24(28,29)30)37-39(17)20-16(27)4-3-5-34-20/h3-5,10-12H,6-9H2,1-2H3,(H,35,40)(H,36,41). The van der Waals surface area contributed by atoms with E-state index in [4.69, 9.17) is 27.9 Å². The van der Waals surface area contributed by atoms with Crippen LogP contribution in [0.25, 0.3) is 5.82 Å². The van der Waals surface area contributed by atoms with E-state index in [2.05, 4.69) is 25.1 Å². The molecule has 0 aliphatic rings. The third kappa shape index (κ3) is 9.62. The molecule has 45 heavy (non-hydrogen) atoms. The van der Waals surface area contributed by atoms with E-state index in [0.29, 0.717) is 10.7 Å². The maximum Gasteiger partial charge on any atom is 0.474 e. The number of rotatable bonds is 10. The number of nitrogens with one attached hydrogen (secondary N) is 2. The van der Waals surface area contributed by atoms with Crippen molar-refractivity contribution in [3.63, 3.8) is 0 Å². The molecule has 3 amide bonds. The van der Waals surface area contributed by atoms with Gasteiger partial charge in [0.25, 0.3) is 11.8 Å². The molecule has 1 unspecified atom stereocenters. The second-order valence-corrected chi connectivity index (χ2v) is 12.5. The van der Waals surface area contributed by atoms with Crippen LogP contribution < -0.4 is 10.6 Å². The van der Waals surface area contributed by atoms with E-state index in [1.165, 1.54) is 37.4 Å². The van der Waals surface area contributed by atoms with Crippen LogP contribution in [0.15, 0.2) is 40.9 Å². The van der Waals surface area contributed by atoms with Gasteiger partial charge in [-0.05, 0) is 36.8 Å². The minimum Gasteiger partial charge on any atom is -0.379 e. The molecule has 0 radical (unpaired) electrons. The summed E-state index contributed by atoms with van der Waals surface area (Å²) in [6.45, 7) is 0.735. The highest BCUT2D eigenvalue weighted by Crippen LogP contribution is 2.32. The Hall–Kier alpha value is -3.74. The maximum absolute atomic E-state index is 13.5. The third-order valence-corrected chi connectivity index (χ3v) is 7.60. The molecule has 0 fully saturated rings. The molecule has 3 rings (SSSR count). The van der Waals surface area contributed by atoms with Crippen LogP contribution in [-0.4, -0.2) is 74.6 Å². The number of carbonyl (C=O) groups excluding carboxylic acids is 3. The number of amides is 3. The molecular formula is C25H22Cl2F6N6O5S. The molecule has 11 nitrogen and oxygen atoms in total. The highest BCUT2D eigenvalue weighted by Gasteiger charge is 2.39. The van der Waals surface area contributed by atoms with Crippen molar-refractivity contribution >= 4 is 56.3 Å². The topological polar surface area (TPSA) is 145 Å². The second kappa shape index (κ2) is 14.1. The average Bonchev–Trinajstić information content (AvgIpc) is 3.37. The van der Waals surface area contributed by atoms with Crippen LogP contribution in [0, 0.1) is 6.92 Å². The van der Waals surface area contributed by atoms with Crippen LogP contribution in [0.2, 0.25) is 10.0 Å². The Labute approximate surface area is 261 Å². The van der Waals surface area contributed by atoms with Gasteiger partial charge in [-0.1, -0.05) is 23.2 Å². The Morgan fingerprint density at radius 3 is 2.38 bits per heavy atom. The minimum absolute atomic E-state index is 0.0893. The van der Waals surface area contributed by atoms with E-state index >= 15 is 0 Å². The van der Waals surface area contributed by atoms with Crippen molar-refractivity contribution in [3.05, 3.63) is 69.1 Å². The van der Waals surface area contributed by atoms with Gasteiger partial charge in [-0.25, -0.2) is 13.9 Å². The molecule has 3 aromatic rings. The van der Waals surface area contributed by atoms with Gasteiger partial charge in [0.15, 0.2) is 11.5 Å². The smallest absolute Gasteiger partial charge is 0.379 e. The molecule has 0 aliphatic carbocycles. The Balaban J connectivity index is 1.75. The summed E-state index contributed by atoms with van der Waals surface area (Å²) >= 11 is 12.2. The number of aryl methyl sites for hydroxylation is 1. The lowest BCUT2D eigenvalue weighted by Gasteiger charge is -2.15. The summed E-state index contributed by atoms with van der Waals surface area (Å²) in [6, 6.07) is 5.83. The number of alkyl halides is 6. The number of pyridine rings is 1. The zero-order valence-corrected chi connectivity index (χ0v) is 25.4. The molecular weight excluding hydrogens is 681 g/mol. The van der Waals surface area contributed by atoms with Crippen LogP contribution in [0.4, 0.5) is 32.0 Å². The lowest BCUT2D eigenvalue weighted by atomic mass is 10.1. The number of benzene rings is 1. The van der Waals surface area contributed by atoms with Crippen LogP contribution >= 0.6 is 23.2 Å². The lowest BCUT2D eigenvalue weighted by molar-refractivity contribution is -0.169. The van der Waals surface area contributed by atoms with Gasteiger partial charge in [0.05, 0.1) is 45.0 Å². The van der Waals surface area contributed by atoms with Crippen molar-refractivity contribution in [3.8, 4) is 5.82 Å². The predicted octanol–water partition coefficient (Wildman–Crippen LogP) is 5.09. The number of ether oxygens (including phenoxy) is 1. The fourth-order valence-corrected chi connectivity index (χ4v) is 5.01. The molecule has 0 spiro atoms. The summed E-state index contributed by atoms with van der Waals surface area (Å²) in [5.74, 6) is -5.12. The number of carbonyl (C=O) groups is 3. The Morgan fingerprint density at radius 1 is 1.07 bits per heavy atom. The number of hydrogen-bond acceptors (Lipinski definition) is 7. The Bertz CT molecular complexity index is 1740. The zero-order chi connectivity index (χ0) is 33.7. The maximum atomic E-state index is 13.5. The van der Waals surface area contributed by atoms with Crippen molar-refractivity contribution in [1.82, 2.24) is 20.1 Å². The molecule has 0 saturated heterocycles. The first-order valence-corrected chi connectivity index (χ1v) is 15.2. The van der Waals surface area contributed by atoms with Gasteiger partial charge >= 0.3 is 18.3 Å². The number of halogens is 8. The van der Waals surface area contributed by atoms with E-state index < -0.39 is 56.9 Å². The van der Waals surface area contributed by atoms with Crippen LogP contribution in [0.3, 0.4) is 0 Å². The van der Waals surface area contributed by atoms with Crippen molar-refractivity contribution < 1.29 is 49.7 Å². The predicted molar refractivity (Wildman–Crippen MR) is 151 cm³/mol. The van der Waals surface area contributed by atoms with Crippen LogP contribution in [0.1, 0.15) is 32.1 Å². The van der Waals surface area contributed by atoms with E-state index in [9.17, 15) is 44.9 Å². The summed E-state index contributed by atoms with van der Waals surface area (Å²) < 4.78 is 98.0. The van der Waals surface area contributed by atoms with Gasteiger partial charge in [-0.15, -0.1) is 0 Å². The Kier molecular flexibility index (Phi) is 11.2. The van der Waals surface area contributed by atoms with Crippen LogP contribution in [0.5, 0.6) is 0 Å². The number of nitrogens with zero attached hydrogens (tertiary/aromatic N) is 4. The molecule has 244 valence electrons. The van der Waals surface area contributed by atoms with E-state index in [0.717, 1.165) is 6.26 Å². The van der Waals surface area contributed by atoms with Gasteiger partial charge < -0.3 is 15.4 Å². The van der Waals surface area contributed by atoms with Crippen molar-refractivity contribution in [1.29, 1.82) is 0 Å². The third-order valence-electron chi connectivity index (χ3n) is 5.61. The van der Waals surface area contributed by atoms with Gasteiger partial charge in [-0.2, -0.15) is 35.8 Å². The normalized spacial score (nSPS) is 13.2. The first-order valence-electron chi connectivity index (χ1n) is 12.4. The largest absolute Gasteiger partial charge is 0.474 e. The molecule has 1 aromatic carbocycles.